The Kier molecular flexibility index (Phi) is 3.37. The van der Waals surface area contributed by atoms with Crippen molar-refractivity contribution in [3.63, 3.8) is 0 Å². The molecule has 5 atom stereocenters. The van der Waals surface area contributed by atoms with Gasteiger partial charge in [-0.25, -0.2) is 0 Å². The van der Waals surface area contributed by atoms with E-state index in [0.717, 1.165) is 12.4 Å². The topological polar surface area (TPSA) is 18.5 Å². The second kappa shape index (κ2) is 4.92. The highest BCUT2D eigenvalue weighted by molar-refractivity contribution is 5.30. The molecule has 20 heavy (non-hydrogen) atoms. The molecule has 1 aromatic carbocycles. The Morgan fingerprint density at radius 2 is 1.85 bits per heavy atom. The van der Waals surface area contributed by atoms with Crippen molar-refractivity contribution >= 4 is 0 Å². The van der Waals surface area contributed by atoms with Gasteiger partial charge in [-0.1, -0.05) is 45.1 Å². The van der Waals surface area contributed by atoms with Crippen LogP contribution in [0.5, 0.6) is 5.75 Å². The lowest BCUT2D eigenvalue weighted by atomic mass is 9.59. The number of rotatable bonds is 2. The van der Waals surface area contributed by atoms with Crippen LogP contribution in [0.15, 0.2) is 36.4 Å². The van der Waals surface area contributed by atoms with Gasteiger partial charge in [0.1, 0.15) is 5.75 Å². The van der Waals surface area contributed by atoms with Gasteiger partial charge in [-0.2, -0.15) is 0 Å². The molecule has 0 spiro atoms. The molecule has 1 saturated heterocycles. The van der Waals surface area contributed by atoms with Crippen molar-refractivity contribution in [2.24, 2.45) is 23.2 Å². The number of hydrogen-bond acceptors (Lipinski definition) is 2. The van der Waals surface area contributed by atoms with E-state index in [-0.39, 0.29) is 11.5 Å². The van der Waals surface area contributed by atoms with Crippen LogP contribution in [0.2, 0.25) is 0 Å². The molecule has 2 bridgehead atoms. The van der Waals surface area contributed by atoms with Gasteiger partial charge in [-0.3, -0.25) is 0 Å². The standard InChI is InChI=1S/C18H24O2/c1-12-5-10-16-13(2)18(12,3)11-20-17(16)14-6-8-15(19-4)9-7-14/h5-10,12-13,16-17H,11H2,1-4H3. The van der Waals surface area contributed by atoms with Crippen molar-refractivity contribution < 1.29 is 9.47 Å². The minimum Gasteiger partial charge on any atom is -0.497 e. The zero-order valence-corrected chi connectivity index (χ0v) is 12.8. The van der Waals surface area contributed by atoms with E-state index in [1.165, 1.54) is 5.56 Å². The summed E-state index contributed by atoms with van der Waals surface area (Å²) in [6.07, 6.45) is 4.92. The molecule has 0 radical (unpaired) electrons. The zero-order valence-electron chi connectivity index (χ0n) is 12.8. The van der Waals surface area contributed by atoms with Gasteiger partial charge < -0.3 is 9.47 Å². The largest absolute Gasteiger partial charge is 0.497 e. The highest BCUT2D eigenvalue weighted by atomic mass is 16.5. The number of benzene rings is 1. The quantitative estimate of drug-likeness (QED) is 0.750. The maximum absolute atomic E-state index is 6.26. The summed E-state index contributed by atoms with van der Waals surface area (Å²) in [4.78, 5) is 0. The number of allylic oxidation sites excluding steroid dienone is 1. The third-order valence-electron chi connectivity index (χ3n) is 5.65. The van der Waals surface area contributed by atoms with Crippen LogP contribution in [-0.2, 0) is 4.74 Å². The SMILES string of the molecule is COc1ccc(C2OCC3(C)C(C)C=CC2C3C)cc1. The van der Waals surface area contributed by atoms with Crippen LogP contribution in [0.1, 0.15) is 32.4 Å². The summed E-state index contributed by atoms with van der Waals surface area (Å²) in [6, 6.07) is 8.30. The molecule has 1 aliphatic carbocycles. The highest BCUT2D eigenvalue weighted by Gasteiger charge is 2.48. The fraction of sp³-hybridized carbons (Fsp3) is 0.556. The van der Waals surface area contributed by atoms with Gasteiger partial charge in [-0.05, 0) is 29.5 Å². The first kappa shape index (κ1) is 13.7. The Morgan fingerprint density at radius 3 is 2.50 bits per heavy atom. The number of hydrogen-bond donors (Lipinski definition) is 0. The Balaban J connectivity index is 1.90. The lowest BCUT2D eigenvalue weighted by molar-refractivity contribution is -0.137. The van der Waals surface area contributed by atoms with Crippen molar-refractivity contribution in [2.45, 2.75) is 26.9 Å². The molecule has 0 aromatic heterocycles. The molecule has 0 N–H and O–H groups in total. The van der Waals surface area contributed by atoms with Crippen molar-refractivity contribution in [1.29, 1.82) is 0 Å². The summed E-state index contributed by atoms with van der Waals surface area (Å²) in [5.74, 6) is 2.60. The normalized spacial score (nSPS) is 39.6. The van der Waals surface area contributed by atoms with E-state index in [0.29, 0.717) is 17.8 Å². The van der Waals surface area contributed by atoms with Gasteiger partial charge in [-0.15, -0.1) is 0 Å². The Labute approximate surface area is 121 Å². The first-order chi connectivity index (χ1) is 9.56. The van der Waals surface area contributed by atoms with E-state index in [4.69, 9.17) is 9.47 Å². The van der Waals surface area contributed by atoms with Crippen LogP contribution in [0.4, 0.5) is 0 Å². The number of ether oxygens (including phenoxy) is 2. The van der Waals surface area contributed by atoms with Crippen LogP contribution in [0, 0.1) is 23.2 Å². The Morgan fingerprint density at radius 1 is 1.15 bits per heavy atom. The average molecular weight is 272 g/mol. The minimum atomic E-state index is 0.174. The van der Waals surface area contributed by atoms with E-state index >= 15 is 0 Å². The molecular formula is C18H24O2. The lowest BCUT2D eigenvalue weighted by Crippen LogP contribution is -2.48. The molecule has 1 heterocycles. The molecule has 1 fully saturated rings. The zero-order chi connectivity index (χ0) is 14.3. The first-order valence-electron chi connectivity index (χ1n) is 7.50. The fourth-order valence-corrected chi connectivity index (χ4v) is 3.65. The van der Waals surface area contributed by atoms with Gasteiger partial charge in [0.2, 0.25) is 0 Å². The van der Waals surface area contributed by atoms with Gasteiger partial charge >= 0.3 is 0 Å². The van der Waals surface area contributed by atoms with E-state index in [9.17, 15) is 0 Å². The molecule has 5 unspecified atom stereocenters. The Bertz CT molecular complexity index is 505. The van der Waals surface area contributed by atoms with E-state index in [1.807, 2.05) is 12.1 Å². The number of methoxy groups -OCH3 is 1. The van der Waals surface area contributed by atoms with Gasteiger partial charge in [0.15, 0.2) is 0 Å². The summed E-state index contributed by atoms with van der Waals surface area (Å²) in [5.41, 5.74) is 1.52. The maximum atomic E-state index is 6.26. The van der Waals surface area contributed by atoms with Crippen molar-refractivity contribution in [3.05, 3.63) is 42.0 Å². The molecule has 0 saturated carbocycles. The van der Waals surface area contributed by atoms with Crippen LogP contribution in [-0.4, -0.2) is 13.7 Å². The molecule has 2 heteroatoms. The molecule has 2 nitrogen and oxygen atoms in total. The second-order valence-electron chi connectivity index (χ2n) is 6.55. The van der Waals surface area contributed by atoms with Gasteiger partial charge in [0.25, 0.3) is 0 Å². The van der Waals surface area contributed by atoms with Crippen LogP contribution in [0.25, 0.3) is 0 Å². The molecular weight excluding hydrogens is 248 g/mol. The molecule has 3 rings (SSSR count). The van der Waals surface area contributed by atoms with Crippen LogP contribution < -0.4 is 4.74 Å². The summed E-state index contributed by atoms with van der Waals surface area (Å²) < 4.78 is 11.5. The van der Waals surface area contributed by atoms with Gasteiger partial charge in [0, 0.05) is 11.3 Å². The van der Waals surface area contributed by atoms with Crippen molar-refractivity contribution in [3.8, 4) is 5.75 Å². The van der Waals surface area contributed by atoms with E-state index < -0.39 is 0 Å². The minimum absolute atomic E-state index is 0.174. The summed E-state index contributed by atoms with van der Waals surface area (Å²) >= 11 is 0. The Hall–Kier alpha value is -1.28. The lowest BCUT2D eigenvalue weighted by Gasteiger charge is -2.52. The predicted molar refractivity (Wildman–Crippen MR) is 80.8 cm³/mol. The van der Waals surface area contributed by atoms with E-state index in [2.05, 4.69) is 45.1 Å². The molecule has 1 aromatic rings. The molecule has 1 aliphatic heterocycles. The molecule has 0 amide bonds. The van der Waals surface area contributed by atoms with Gasteiger partial charge in [0.05, 0.1) is 19.8 Å². The third kappa shape index (κ3) is 1.98. The summed E-state index contributed by atoms with van der Waals surface area (Å²) in [7, 11) is 1.70. The van der Waals surface area contributed by atoms with Crippen molar-refractivity contribution in [2.75, 3.05) is 13.7 Å². The maximum Gasteiger partial charge on any atom is 0.118 e. The monoisotopic (exact) mass is 272 g/mol. The molecule has 108 valence electrons. The number of fused-ring (bicyclic) bond motifs is 2. The second-order valence-corrected chi connectivity index (χ2v) is 6.55. The smallest absolute Gasteiger partial charge is 0.118 e. The van der Waals surface area contributed by atoms with Crippen molar-refractivity contribution in [1.82, 2.24) is 0 Å². The predicted octanol–water partition coefficient (Wildman–Crippen LogP) is 4.23. The third-order valence-corrected chi connectivity index (χ3v) is 5.65. The summed E-state index contributed by atoms with van der Waals surface area (Å²) in [6.45, 7) is 7.89. The average Bonchev–Trinajstić information content (AvgIpc) is 2.47. The van der Waals surface area contributed by atoms with Crippen LogP contribution >= 0.6 is 0 Å². The fourth-order valence-electron chi connectivity index (χ4n) is 3.65. The highest BCUT2D eigenvalue weighted by Crippen LogP contribution is 2.53. The summed E-state index contributed by atoms with van der Waals surface area (Å²) in [5, 5.41) is 0. The molecule has 2 aliphatic rings. The van der Waals surface area contributed by atoms with E-state index in [1.54, 1.807) is 7.11 Å². The first-order valence-corrected chi connectivity index (χ1v) is 7.50. The van der Waals surface area contributed by atoms with Crippen LogP contribution in [0.3, 0.4) is 0 Å².